The van der Waals surface area contributed by atoms with Crippen molar-refractivity contribution in [2.75, 3.05) is 25.6 Å². The van der Waals surface area contributed by atoms with Crippen LogP contribution in [-0.2, 0) is 9.53 Å². The van der Waals surface area contributed by atoms with Crippen molar-refractivity contribution in [3.05, 3.63) is 89.5 Å². The van der Waals surface area contributed by atoms with Gasteiger partial charge in [-0.3, -0.25) is 4.79 Å². The SMILES string of the molecule is CCOC(=O)CCCCC[C@@H](c1ccc(-c2ccc(C#N)cc2)cc1)c1ccc(N(C)C)cc1. The van der Waals surface area contributed by atoms with Gasteiger partial charge in [-0.1, -0.05) is 61.4 Å². The number of benzene rings is 3. The molecule has 34 heavy (non-hydrogen) atoms. The van der Waals surface area contributed by atoms with E-state index in [1.54, 1.807) is 0 Å². The largest absolute Gasteiger partial charge is 0.466 e. The van der Waals surface area contributed by atoms with Gasteiger partial charge in [-0.2, -0.15) is 5.26 Å². The maximum atomic E-state index is 11.6. The third-order valence-electron chi connectivity index (χ3n) is 6.15. The predicted molar refractivity (Wildman–Crippen MR) is 139 cm³/mol. The van der Waals surface area contributed by atoms with Gasteiger partial charge in [0.1, 0.15) is 0 Å². The Morgan fingerprint density at radius 3 is 1.94 bits per heavy atom. The monoisotopic (exact) mass is 454 g/mol. The molecule has 0 saturated carbocycles. The van der Waals surface area contributed by atoms with Crippen LogP contribution in [0.15, 0.2) is 72.8 Å². The van der Waals surface area contributed by atoms with Crippen LogP contribution in [0.1, 0.15) is 61.6 Å². The molecule has 0 saturated heterocycles. The van der Waals surface area contributed by atoms with Gasteiger partial charge in [-0.05, 0) is 66.3 Å². The molecule has 0 aliphatic carbocycles. The van der Waals surface area contributed by atoms with Crippen LogP contribution in [0.25, 0.3) is 11.1 Å². The summed E-state index contributed by atoms with van der Waals surface area (Å²) in [4.78, 5) is 13.7. The number of nitrogens with zero attached hydrogens (tertiary/aromatic N) is 2. The van der Waals surface area contributed by atoms with Gasteiger partial charge in [-0.15, -0.1) is 0 Å². The van der Waals surface area contributed by atoms with Crippen molar-refractivity contribution in [3.8, 4) is 17.2 Å². The van der Waals surface area contributed by atoms with Crippen LogP contribution >= 0.6 is 0 Å². The second kappa shape index (κ2) is 12.6. The third-order valence-corrected chi connectivity index (χ3v) is 6.15. The minimum atomic E-state index is -0.100. The number of unbranched alkanes of at least 4 members (excludes halogenated alkanes) is 2. The average Bonchev–Trinajstić information content (AvgIpc) is 2.87. The van der Waals surface area contributed by atoms with E-state index in [9.17, 15) is 4.79 Å². The highest BCUT2D eigenvalue weighted by atomic mass is 16.5. The molecule has 0 aliphatic rings. The normalized spacial score (nSPS) is 11.5. The first-order chi connectivity index (χ1) is 16.5. The zero-order valence-electron chi connectivity index (χ0n) is 20.5. The van der Waals surface area contributed by atoms with E-state index in [1.807, 2.05) is 31.2 Å². The Bertz CT molecular complexity index is 1080. The fourth-order valence-electron chi connectivity index (χ4n) is 4.20. The fourth-order valence-corrected chi connectivity index (χ4v) is 4.20. The summed E-state index contributed by atoms with van der Waals surface area (Å²) in [6.45, 7) is 2.29. The molecule has 0 amide bonds. The van der Waals surface area contributed by atoms with Crippen molar-refractivity contribution < 1.29 is 9.53 Å². The summed E-state index contributed by atoms with van der Waals surface area (Å²) in [6, 6.07) is 27.4. The molecule has 0 aliphatic heterocycles. The van der Waals surface area contributed by atoms with Crippen LogP contribution in [0.3, 0.4) is 0 Å². The van der Waals surface area contributed by atoms with Crippen LogP contribution in [0, 0.1) is 11.3 Å². The van der Waals surface area contributed by atoms with Gasteiger partial charge in [0.15, 0.2) is 0 Å². The molecular weight excluding hydrogens is 420 g/mol. The molecule has 0 unspecified atom stereocenters. The number of anilines is 1. The third kappa shape index (κ3) is 6.96. The predicted octanol–water partition coefficient (Wildman–Crippen LogP) is 6.94. The molecule has 1 atom stereocenters. The number of carbonyl (C=O) groups excluding carboxylic acids is 1. The van der Waals surface area contributed by atoms with Gasteiger partial charge in [-0.25, -0.2) is 0 Å². The molecule has 3 aromatic carbocycles. The molecular formula is C30H34N2O2. The van der Waals surface area contributed by atoms with Crippen molar-refractivity contribution in [2.45, 2.75) is 44.9 Å². The summed E-state index contributed by atoms with van der Waals surface area (Å²) in [5.41, 5.74) is 6.71. The van der Waals surface area contributed by atoms with Crippen molar-refractivity contribution in [2.24, 2.45) is 0 Å². The topological polar surface area (TPSA) is 53.3 Å². The van der Waals surface area contributed by atoms with Crippen LogP contribution in [0.5, 0.6) is 0 Å². The molecule has 0 radical (unpaired) electrons. The van der Waals surface area contributed by atoms with E-state index in [0.29, 0.717) is 24.5 Å². The summed E-state index contributed by atoms with van der Waals surface area (Å²) in [6.07, 6.45) is 4.45. The maximum absolute atomic E-state index is 11.6. The first kappa shape index (κ1) is 25.1. The van der Waals surface area contributed by atoms with Crippen LogP contribution in [0.2, 0.25) is 0 Å². The Morgan fingerprint density at radius 1 is 0.853 bits per heavy atom. The minimum Gasteiger partial charge on any atom is -0.466 e. The Balaban J connectivity index is 1.74. The summed E-state index contributed by atoms with van der Waals surface area (Å²) >= 11 is 0. The first-order valence-corrected chi connectivity index (χ1v) is 12.0. The van der Waals surface area contributed by atoms with E-state index in [-0.39, 0.29) is 5.97 Å². The van der Waals surface area contributed by atoms with Crippen molar-refractivity contribution in [1.29, 1.82) is 5.26 Å². The van der Waals surface area contributed by atoms with E-state index in [1.165, 1.54) is 16.8 Å². The number of nitriles is 1. The molecule has 3 rings (SSSR count). The number of hydrogen-bond acceptors (Lipinski definition) is 4. The minimum absolute atomic E-state index is 0.100. The van der Waals surface area contributed by atoms with E-state index < -0.39 is 0 Å². The molecule has 4 nitrogen and oxygen atoms in total. The van der Waals surface area contributed by atoms with Gasteiger partial charge in [0.05, 0.1) is 18.2 Å². The highest BCUT2D eigenvalue weighted by Gasteiger charge is 2.15. The molecule has 0 heterocycles. The van der Waals surface area contributed by atoms with E-state index in [0.717, 1.165) is 36.8 Å². The fraction of sp³-hybridized carbons (Fsp3) is 0.333. The average molecular weight is 455 g/mol. The Morgan fingerprint density at radius 2 is 1.41 bits per heavy atom. The van der Waals surface area contributed by atoms with Gasteiger partial charge in [0.25, 0.3) is 0 Å². The molecule has 0 fully saturated rings. The Labute approximate surface area is 203 Å². The number of carbonyl (C=O) groups is 1. The van der Waals surface area contributed by atoms with Crippen LogP contribution < -0.4 is 4.90 Å². The van der Waals surface area contributed by atoms with Crippen molar-refractivity contribution in [3.63, 3.8) is 0 Å². The number of hydrogen-bond donors (Lipinski definition) is 0. The van der Waals surface area contributed by atoms with E-state index in [4.69, 9.17) is 10.00 Å². The summed E-state index contributed by atoms with van der Waals surface area (Å²) < 4.78 is 5.04. The number of rotatable bonds is 11. The lowest BCUT2D eigenvalue weighted by molar-refractivity contribution is -0.143. The Hall–Kier alpha value is -3.58. The first-order valence-electron chi connectivity index (χ1n) is 12.0. The van der Waals surface area contributed by atoms with E-state index in [2.05, 4.69) is 73.6 Å². The van der Waals surface area contributed by atoms with Crippen molar-refractivity contribution in [1.82, 2.24) is 0 Å². The lowest BCUT2D eigenvalue weighted by Crippen LogP contribution is -2.09. The highest BCUT2D eigenvalue weighted by molar-refractivity contribution is 5.69. The molecule has 3 aromatic rings. The lowest BCUT2D eigenvalue weighted by atomic mass is 9.86. The number of ether oxygens (including phenoxy) is 1. The second-order valence-electron chi connectivity index (χ2n) is 8.75. The zero-order valence-corrected chi connectivity index (χ0v) is 20.5. The molecule has 176 valence electrons. The van der Waals surface area contributed by atoms with Gasteiger partial charge >= 0.3 is 5.97 Å². The highest BCUT2D eigenvalue weighted by Crippen LogP contribution is 2.33. The van der Waals surface area contributed by atoms with Gasteiger partial charge in [0, 0.05) is 32.1 Å². The maximum Gasteiger partial charge on any atom is 0.305 e. The van der Waals surface area contributed by atoms with Crippen LogP contribution in [0.4, 0.5) is 5.69 Å². The standard InChI is InChI=1S/C30H34N2O2/c1-4-34-30(33)9-7-5-6-8-29(27-18-20-28(21-19-27)32(2)3)26-16-14-25(15-17-26)24-12-10-23(22-31)11-13-24/h10-21,29H,4-9H2,1-3H3/t29-/m0/s1. The summed E-state index contributed by atoms with van der Waals surface area (Å²) in [7, 11) is 4.11. The number of esters is 1. The van der Waals surface area contributed by atoms with Crippen LogP contribution in [-0.4, -0.2) is 26.7 Å². The molecule has 4 heteroatoms. The molecule has 0 spiro atoms. The lowest BCUT2D eigenvalue weighted by Gasteiger charge is -2.20. The Kier molecular flexibility index (Phi) is 9.29. The van der Waals surface area contributed by atoms with Crippen molar-refractivity contribution >= 4 is 11.7 Å². The van der Waals surface area contributed by atoms with Gasteiger partial charge < -0.3 is 9.64 Å². The quantitative estimate of drug-likeness (QED) is 0.233. The molecule has 0 aromatic heterocycles. The summed E-state index contributed by atoms with van der Waals surface area (Å²) in [5, 5.41) is 9.03. The smallest absolute Gasteiger partial charge is 0.305 e. The molecule has 0 N–H and O–H groups in total. The van der Waals surface area contributed by atoms with E-state index >= 15 is 0 Å². The van der Waals surface area contributed by atoms with Gasteiger partial charge in [0.2, 0.25) is 0 Å². The summed E-state index contributed by atoms with van der Waals surface area (Å²) in [5.74, 6) is 0.200. The second-order valence-corrected chi connectivity index (χ2v) is 8.75. The molecule has 0 bridgehead atoms. The zero-order chi connectivity index (χ0) is 24.3.